The van der Waals surface area contributed by atoms with Crippen LogP contribution in [0.3, 0.4) is 0 Å². The van der Waals surface area contributed by atoms with Crippen LogP contribution >= 0.6 is 0 Å². The summed E-state index contributed by atoms with van der Waals surface area (Å²) in [5.41, 5.74) is 19.7. The number of hydrogen-bond donors (Lipinski definition) is 3. The Kier molecular flexibility index (Phi) is 10.4. The predicted octanol–water partition coefficient (Wildman–Crippen LogP) is 10.4. The molecule has 0 unspecified atom stereocenters. The number of urea groups is 1. The second kappa shape index (κ2) is 14.2. The number of rotatable bonds is 5. The van der Waals surface area contributed by atoms with Crippen molar-refractivity contribution in [3.8, 4) is 11.5 Å². The van der Waals surface area contributed by atoms with Crippen molar-refractivity contribution in [2.45, 2.75) is 105 Å². The van der Waals surface area contributed by atoms with Gasteiger partial charge in [0.1, 0.15) is 11.5 Å². The minimum absolute atomic E-state index is 0.183. The first-order valence-electron chi connectivity index (χ1n) is 17.6. The highest BCUT2D eigenvalue weighted by atomic mass is 16.5. The number of nitrogen functional groups attached to an aromatic ring is 1. The van der Waals surface area contributed by atoms with Crippen molar-refractivity contribution in [1.29, 1.82) is 0 Å². The molecule has 0 radical (unpaired) electrons. The first kappa shape index (κ1) is 35.8. The molecule has 0 saturated carbocycles. The van der Waals surface area contributed by atoms with Crippen molar-refractivity contribution < 1.29 is 14.3 Å². The Bertz CT molecular complexity index is 1820. The molecular weight excluding hydrogens is 606 g/mol. The zero-order valence-corrected chi connectivity index (χ0v) is 31.3. The first-order valence-corrected chi connectivity index (χ1v) is 17.6. The minimum Gasteiger partial charge on any atom is -0.492 e. The molecule has 2 aliphatic rings. The Morgan fingerprint density at radius 1 is 0.714 bits per heavy atom. The van der Waals surface area contributed by atoms with E-state index in [0.717, 1.165) is 39.6 Å². The number of nitrogens with one attached hydrogen (secondary N) is 2. The standard InChI is InChI=1S/C24H32N2O2.C19H23NO/c1-14(2)17-8-10-18(11-9-17)19-13-28-20-12-15(3)22(16(4)21(19)20)25-23(27)26-24(5,6)7;1-11(2)14-5-7-15(8-6-14)16-10-21-17-9-12(3)19(20)13(4)18(16)17/h8-12,14,19H,13H2,1-7H3,(H2,25,26,27);5-9,11,16H,10,20H2,1-4H3/t19-;16-/m11/s1. The smallest absolute Gasteiger partial charge is 0.319 e. The van der Waals surface area contributed by atoms with Gasteiger partial charge in [0, 0.05) is 39.9 Å². The second-order valence-electron chi connectivity index (χ2n) is 15.4. The largest absolute Gasteiger partial charge is 0.492 e. The highest BCUT2D eigenvalue weighted by Crippen LogP contribution is 2.45. The van der Waals surface area contributed by atoms with Crippen LogP contribution in [-0.4, -0.2) is 24.8 Å². The topological polar surface area (TPSA) is 85.6 Å². The summed E-state index contributed by atoms with van der Waals surface area (Å²) in [5.74, 6) is 3.48. The number of ether oxygens (including phenoxy) is 2. The molecule has 4 N–H and O–H groups in total. The number of fused-ring (bicyclic) bond motifs is 2. The van der Waals surface area contributed by atoms with Crippen LogP contribution in [0.15, 0.2) is 60.7 Å². The number of benzene rings is 4. The van der Waals surface area contributed by atoms with E-state index in [-0.39, 0.29) is 17.5 Å². The molecule has 4 aromatic rings. The number of anilines is 2. The van der Waals surface area contributed by atoms with Gasteiger partial charge in [0.25, 0.3) is 0 Å². The highest BCUT2D eigenvalue weighted by molar-refractivity contribution is 5.92. The van der Waals surface area contributed by atoms with Crippen molar-refractivity contribution in [2.24, 2.45) is 0 Å². The van der Waals surface area contributed by atoms with Crippen LogP contribution < -0.4 is 25.8 Å². The maximum absolute atomic E-state index is 12.4. The van der Waals surface area contributed by atoms with Gasteiger partial charge in [-0.2, -0.15) is 0 Å². The molecule has 2 heterocycles. The lowest BCUT2D eigenvalue weighted by Gasteiger charge is -2.23. The molecule has 260 valence electrons. The number of carbonyl (C=O) groups excluding carboxylic acids is 1. The molecule has 0 aliphatic carbocycles. The molecule has 2 aliphatic heterocycles. The van der Waals surface area contributed by atoms with E-state index < -0.39 is 0 Å². The molecule has 2 atom stereocenters. The van der Waals surface area contributed by atoms with E-state index in [2.05, 4.69) is 107 Å². The van der Waals surface area contributed by atoms with Gasteiger partial charge in [-0.25, -0.2) is 4.79 Å². The number of hydrogen-bond acceptors (Lipinski definition) is 4. The van der Waals surface area contributed by atoms with Crippen LogP contribution in [0.5, 0.6) is 11.5 Å². The van der Waals surface area contributed by atoms with E-state index >= 15 is 0 Å². The molecule has 2 amide bonds. The van der Waals surface area contributed by atoms with Gasteiger partial charge in [-0.05, 0) is 117 Å². The molecule has 49 heavy (non-hydrogen) atoms. The third-order valence-corrected chi connectivity index (χ3v) is 9.88. The summed E-state index contributed by atoms with van der Waals surface area (Å²) in [6.45, 7) is 24.3. The molecule has 0 saturated heterocycles. The van der Waals surface area contributed by atoms with E-state index in [0.29, 0.717) is 31.0 Å². The average molecular weight is 662 g/mol. The van der Waals surface area contributed by atoms with Crippen molar-refractivity contribution in [3.05, 3.63) is 116 Å². The van der Waals surface area contributed by atoms with Gasteiger partial charge >= 0.3 is 6.03 Å². The summed E-state index contributed by atoms with van der Waals surface area (Å²) in [7, 11) is 0. The van der Waals surface area contributed by atoms with Crippen molar-refractivity contribution >= 4 is 17.4 Å². The van der Waals surface area contributed by atoms with Gasteiger partial charge in [-0.3, -0.25) is 0 Å². The third kappa shape index (κ3) is 7.74. The lowest BCUT2D eigenvalue weighted by molar-refractivity contribution is 0.243. The number of amides is 2. The highest BCUT2D eigenvalue weighted by Gasteiger charge is 2.31. The molecular formula is C43H55N3O3. The van der Waals surface area contributed by atoms with Crippen molar-refractivity contribution in [3.63, 3.8) is 0 Å². The number of carbonyl (C=O) groups is 1. The van der Waals surface area contributed by atoms with Crippen molar-refractivity contribution in [2.75, 3.05) is 24.3 Å². The van der Waals surface area contributed by atoms with Crippen LogP contribution in [-0.2, 0) is 0 Å². The average Bonchev–Trinajstić information content (AvgIpc) is 3.66. The lowest BCUT2D eigenvalue weighted by Crippen LogP contribution is -2.43. The number of nitrogens with two attached hydrogens (primary N) is 1. The fourth-order valence-electron chi connectivity index (χ4n) is 6.99. The van der Waals surface area contributed by atoms with E-state index in [4.69, 9.17) is 15.2 Å². The maximum Gasteiger partial charge on any atom is 0.319 e. The second-order valence-corrected chi connectivity index (χ2v) is 15.4. The van der Waals surface area contributed by atoms with Gasteiger partial charge in [-0.1, -0.05) is 76.2 Å². The Hall–Kier alpha value is -4.45. The maximum atomic E-state index is 12.4. The fourth-order valence-corrected chi connectivity index (χ4v) is 6.99. The van der Waals surface area contributed by atoms with Crippen LogP contribution in [0.2, 0.25) is 0 Å². The summed E-state index contributed by atoms with van der Waals surface area (Å²) in [6, 6.07) is 21.7. The van der Waals surface area contributed by atoms with E-state index in [9.17, 15) is 4.79 Å². The third-order valence-electron chi connectivity index (χ3n) is 9.88. The normalized spacial score (nSPS) is 16.3. The summed E-state index contributed by atoms with van der Waals surface area (Å²) in [4.78, 5) is 12.4. The van der Waals surface area contributed by atoms with E-state index in [1.54, 1.807) is 0 Å². The summed E-state index contributed by atoms with van der Waals surface area (Å²) in [5, 5.41) is 6.02. The molecule has 6 heteroatoms. The van der Waals surface area contributed by atoms with E-state index in [1.807, 2.05) is 40.7 Å². The van der Waals surface area contributed by atoms with Gasteiger partial charge < -0.3 is 25.8 Å². The Balaban J connectivity index is 0.000000199. The van der Waals surface area contributed by atoms with Gasteiger partial charge in [-0.15, -0.1) is 0 Å². The van der Waals surface area contributed by atoms with Crippen LogP contribution in [0.1, 0.15) is 128 Å². The molecule has 0 aromatic heterocycles. The zero-order chi connectivity index (χ0) is 35.8. The SMILES string of the molecule is Cc1cc2c(c(C)c1N)[C@@H](c1ccc(C(C)C)cc1)CO2.Cc1cc2c(c(C)c1NC(=O)NC(C)(C)C)[C@@H](c1ccc(C(C)C)cc1)CO2. The predicted molar refractivity (Wildman–Crippen MR) is 204 cm³/mol. The van der Waals surface area contributed by atoms with E-state index in [1.165, 1.54) is 38.9 Å². The van der Waals surface area contributed by atoms with Crippen LogP contribution in [0, 0.1) is 27.7 Å². The monoisotopic (exact) mass is 661 g/mol. The molecule has 4 aromatic carbocycles. The quantitative estimate of drug-likeness (QED) is 0.186. The van der Waals surface area contributed by atoms with Gasteiger partial charge in [0.15, 0.2) is 0 Å². The zero-order valence-electron chi connectivity index (χ0n) is 31.3. The molecule has 0 bridgehead atoms. The van der Waals surface area contributed by atoms with Gasteiger partial charge in [0.2, 0.25) is 0 Å². The first-order chi connectivity index (χ1) is 23.1. The molecule has 0 fully saturated rings. The molecule has 6 nitrogen and oxygen atoms in total. The van der Waals surface area contributed by atoms with Crippen LogP contribution in [0.4, 0.5) is 16.2 Å². The Morgan fingerprint density at radius 2 is 1.14 bits per heavy atom. The summed E-state index contributed by atoms with van der Waals surface area (Å²) >= 11 is 0. The Labute approximate surface area is 293 Å². The van der Waals surface area contributed by atoms with Gasteiger partial charge in [0.05, 0.1) is 13.2 Å². The lowest BCUT2D eigenvalue weighted by atomic mass is 9.87. The Morgan fingerprint density at radius 3 is 1.57 bits per heavy atom. The molecule has 0 spiro atoms. The molecule has 6 rings (SSSR count). The van der Waals surface area contributed by atoms with Crippen molar-refractivity contribution in [1.82, 2.24) is 5.32 Å². The summed E-state index contributed by atoms with van der Waals surface area (Å²) in [6.07, 6.45) is 0. The summed E-state index contributed by atoms with van der Waals surface area (Å²) < 4.78 is 11.9. The minimum atomic E-state index is -0.285. The fraction of sp³-hybridized carbons (Fsp3) is 0.419. The van der Waals surface area contributed by atoms with Crippen LogP contribution in [0.25, 0.3) is 0 Å². The number of aryl methyl sites for hydroxylation is 2.